The van der Waals surface area contributed by atoms with Crippen LogP contribution in [0.5, 0.6) is 11.5 Å². The van der Waals surface area contributed by atoms with Crippen molar-refractivity contribution in [3.05, 3.63) is 84.1 Å². The van der Waals surface area contributed by atoms with Gasteiger partial charge in [-0.3, -0.25) is 14.6 Å². The van der Waals surface area contributed by atoms with Gasteiger partial charge in [-0.1, -0.05) is 23.2 Å². The molecule has 146 valence electrons. The van der Waals surface area contributed by atoms with E-state index in [1.807, 2.05) is 0 Å². The topological polar surface area (TPSA) is 112 Å². The first kappa shape index (κ1) is 18.9. The van der Waals surface area contributed by atoms with E-state index in [-0.39, 0.29) is 27.0 Å². The molecule has 2 heterocycles. The third-order valence-electron chi connectivity index (χ3n) is 4.05. The fourth-order valence-electron chi connectivity index (χ4n) is 2.68. The minimum absolute atomic E-state index is 0.115. The summed E-state index contributed by atoms with van der Waals surface area (Å²) in [5.74, 6) is 0.520. The fraction of sp³-hybridized carbons (Fsp3) is 0.0556. The van der Waals surface area contributed by atoms with E-state index in [9.17, 15) is 14.4 Å². The van der Waals surface area contributed by atoms with Gasteiger partial charge in [-0.05, 0) is 24.3 Å². The van der Waals surface area contributed by atoms with Gasteiger partial charge in [0.1, 0.15) is 11.9 Å². The van der Waals surface area contributed by atoms with Gasteiger partial charge in [-0.25, -0.2) is 9.78 Å². The Balaban J connectivity index is 1.74. The molecule has 4 aromatic rings. The second kappa shape index (κ2) is 7.19. The van der Waals surface area contributed by atoms with E-state index >= 15 is 0 Å². The van der Waals surface area contributed by atoms with Crippen molar-refractivity contribution >= 4 is 34.1 Å². The van der Waals surface area contributed by atoms with Gasteiger partial charge in [0.05, 0.1) is 33.0 Å². The average molecular weight is 432 g/mol. The van der Waals surface area contributed by atoms with Crippen molar-refractivity contribution in [1.29, 1.82) is 0 Å². The third kappa shape index (κ3) is 3.53. The number of hydrogen-bond donors (Lipinski definition) is 1. The van der Waals surface area contributed by atoms with E-state index in [0.29, 0.717) is 16.7 Å². The zero-order valence-electron chi connectivity index (χ0n) is 14.7. The molecule has 0 spiro atoms. The summed E-state index contributed by atoms with van der Waals surface area (Å²) in [7, 11) is 1.61. The van der Waals surface area contributed by atoms with Crippen molar-refractivity contribution in [2.24, 2.45) is 7.05 Å². The number of nitrogens with zero attached hydrogens (tertiary/aromatic N) is 4. The van der Waals surface area contributed by atoms with Crippen LogP contribution in [0.3, 0.4) is 0 Å². The molecule has 0 aliphatic rings. The largest absolute Gasteiger partial charge is 0.454 e. The normalized spacial score (nSPS) is 11.0. The molecule has 1 N–H and O–H groups in total. The maximum Gasteiger partial charge on any atom is 0.349 e. The van der Waals surface area contributed by atoms with Gasteiger partial charge in [-0.15, -0.1) is 0 Å². The molecule has 0 atom stereocenters. The molecular weight excluding hydrogens is 421 g/mol. The van der Waals surface area contributed by atoms with Crippen LogP contribution in [0.1, 0.15) is 0 Å². The summed E-state index contributed by atoms with van der Waals surface area (Å²) in [5, 5.41) is 4.43. The second-order valence-electron chi connectivity index (χ2n) is 6.03. The van der Waals surface area contributed by atoms with Crippen molar-refractivity contribution in [2.45, 2.75) is 0 Å². The molecule has 0 aliphatic carbocycles. The van der Waals surface area contributed by atoms with Crippen LogP contribution in [0.25, 0.3) is 16.6 Å². The Morgan fingerprint density at radius 2 is 1.79 bits per heavy atom. The van der Waals surface area contributed by atoms with Gasteiger partial charge in [0.2, 0.25) is 0 Å². The number of benzene rings is 2. The highest BCUT2D eigenvalue weighted by molar-refractivity contribution is 6.37. The summed E-state index contributed by atoms with van der Waals surface area (Å²) in [6, 6.07) is 7.63. The Labute approximate surface area is 171 Å². The Hall–Kier alpha value is -3.43. The summed E-state index contributed by atoms with van der Waals surface area (Å²) in [6.07, 6.45) is 2.37. The maximum absolute atomic E-state index is 12.1. The van der Waals surface area contributed by atoms with Gasteiger partial charge in [0.15, 0.2) is 5.75 Å². The summed E-state index contributed by atoms with van der Waals surface area (Å²) in [4.78, 5) is 41.5. The number of fused-ring (bicyclic) bond motifs is 1. The number of aromatic nitrogens is 5. The predicted octanol–water partition coefficient (Wildman–Crippen LogP) is 2.27. The minimum Gasteiger partial charge on any atom is -0.454 e. The quantitative estimate of drug-likeness (QED) is 0.532. The lowest BCUT2D eigenvalue weighted by molar-refractivity contribution is 0.483. The molecule has 0 amide bonds. The lowest BCUT2D eigenvalue weighted by atomic mass is 10.2. The standard InChI is InChI=1S/C18H11Cl2N5O4/c1-24-8-21-14-6-10(2-3-11(14)17(24)27)29-16-12(19)4-9(5-13(16)20)25-18(28)23-15(26)7-22-25/h2-8H,1H3,(H,23,26,28). The molecule has 0 saturated heterocycles. The number of H-pyrrole nitrogens is 1. The highest BCUT2D eigenvalue weighted by Gasteiger charge is 2.14. The number of hydrogen-bond acceptors (Lipinski definition) is 6. The van der Waals surface area contributed by atoms with E-state index in [4.69, 9.17) is 27.9 Å². The van der Waals surface area contributed by atoms with Gasteiger partial charge in [0.25, 0.3) is 11.1 Å². The number of aryl methyl sites for hydroxylation is 1. The minimum atomic E-state index is -0.736. The Kier molecular flexibility index (Phi) is 4.69. The molecule has 4 rings (SSSR count). The molecule has 0 radical (unpaired) electrons. The second-order valence-corrected chi connectivity index (χ2v) is 6.85. The SMILES string of the molecule is Cn1cnc2cc(Oc3c(Cl)cc(-n4ncc(=O)[nH]c4=O)cc3Cl)ccc2c1=O. The molecule has 0 fully saturated rings. The number of halogens is 2. The van der Waals surface area contributed by atoms with Gasteiger partial charge in [-0.2, -0.15) is 9.78 Å². The number of rotatable bonds is 3. The first-order chi connectivity index (χ1) is 13.8. The van der Waals surface area contributed by atoms with Crippen LogP contribution in [0, 0.1) is 0 Å². The zero-order valence-corrected chi connectivity index (χ0v) is 16.2. The Morgan fingerprint density at radius 1 is 1.07 bits per heavy atom. The monoisotopic (exact) mass is 431 g/mol. The number of ether oxygens (including phenoxy) is 1. The Bertz CT molecular complexity index is 1420. The van der Waals surface area contributed by atoms with E-state index in [1.54, 1.807) is 25.2 Å². The van der Waals surface area contributed by atoms with Crippen LogP contribution in [-0.2, 0) is 7.05 Å². The third-order valence-corrected chi connectivity index (χ3v) is 4.61. The maximum atomic E-state index is 12.1. The number of aromatic amines is 1. The van der Waals surface area contributed by atoms with Crippen molar-refractivity contribution in [3.63, 3.8) is 0 Å². The van der Waals surface area contributed by atoms with Crippen LogP contribution in [0.15, 0.2) is 57.2 Å². The van der Waals surface area contributed by atoms with E-state index in [0.717, 1.165) is 10.9 Å². The first-order valence-electron chi connectivity index (χ1n) is 8.15. The fourth-order valence-corrected chi connectivity index (χ4v) is 3.23. The predicted molar refractivity (Wildman–Crippen MR) is 108 cm³/mol. The molecule has 0 unspecified atom stereocenters. The van der Waals surface area contributed by atoms with Crippen molar-refractivity contribution in [1.82, 2.24) is 24.3 Å². The summed E-state index contributed by atoms with van der Waals surface area (Å²) >= 11 is 12.6. The molecule has 0 saturated carbocycles. The molecule has 9 nitrogen and oxygen atoms in total. The molecule has 2 aromatic heterocycles. The Morgan fingerprint density at radius 3 is 2.48 bits per heavy atom. The molecular formula is C18H11Cl2N5O4. The molecule has 29 heavy (non-hydrogen) atoms. The molecule has 0 aliphatic heterocycles. The lowest BCUT2D eigenvalue weighted by Crippen LogP contribution is -2.30. The smallest absolute Gasteiger partial charge is 0.349 e. The summed E-state index contributed by atoms with van der Waals surface area (Å²) in [5.41, 5.74) is -0.833. The molecule has 11 heteroatoms. The van der Waals surface area contributed by atoms with Crippen molar-refractivity contribution in [3.8, 4) is 17.2 Å². The van der Waals surface area contributed by atoms with Gasteiger partial charge >= 0.3 is 5.69 Å². The summed E-state index contributed by atoms with van der Waals surface area (Å²) in [6.45, 7) is 0. The average Bonchev–Trinajstić information content (AvgIpc) is 2.67. The number of nitrogens with one attached hydrogen (secondary N) is 1. The van der Waals surface area contributed by atoms with E-state index in [2.05, 4.69) is 15.1 Å². The summed E-state index contributed by atoms with van der Waals surface area (Å²) < 4.78 is 8.10. The zero-order chi connectivity index (χ0) is 20.7. The molecule has 2 aromatic carbocycles. The van der Waals surface area contributed by atoms with Gasteiger partial charge < -0.3 is 9.30 Å². The van der Waals surface area contributed by atoms with Crippen LogP contribution < -0.4 is 21.5 Å². The van der Waals surface area contributed by atoms with Crippen molar-refractivity contribution < 1.29 is 4.74 Å². The highest BCUT2D eigenvalue weighted by Crippen LogP contribution is 2.38. The first-order valence-corrected chi connectivity index (χ1v) is 8.90. The van der Waals surface area contributed by atoms with E-state index < -0.39 is 11.2 Å². The van der Waals surface area contributed by atoms with Crippen molar-refractivity contribution in [2.75, 3.05) is 0 Å². The lowest BCUT2D eigenvalue weighted by Gasteiger charge is -2.12. The van der Waals surface area contributed by atoms with Crippen LogP contribution in [0.4, 0.5) is 0 Å². The van der Waals surface area contributed by atoms with Crippen LogP contribution >= 0.6 is 23.2 Å². The van der Waals surface area contributed by atoms with Crippen LogP contribution in [-0.4, -0.2) is 24.3 Å². The van der Waals surface area contributed by atoms with Gasteiger partial charge in [0, 0.05) is 13.1 Å². The highest BCUT2D eigenvalue weighted by atomic mass is 35.5. The van der Waals surface area contributed by atoms with E-state index in [1.165, 1.54) is 23.0 Å². The molecule has 0 bridgehead atoms. The van der Waals surface area contributed by atoms with Crippen LogP contribution in [0.2, 0.25) is 10.0 Å².